The van der Waals surface area contributed by atoms with Crippen molar-refractivity contribution in [1.82, 2.24) is 10.2 Å². The highest BCUT2D eigenvalue weighted by Crippen LogP contribution is 2.18. The van der Waals surface area contributed by atoms with E-state index >= 15 is 0 Å². The zero-order chi connectivity index (χ0) is 19.1. The molecule has 2 heterocycles. The van der Waals surface area contributed by atoms with Gasteiger partial charge in [-0.3, -0.25) is 0 Å². The molecular formula is C21H32N6. The molecule has 0 spiro atoms. The predicted octanol–water partition coefficient (Wildman–Crippen LogP) is 1.70. The van der Waals surface area contributed by atoms with Gasteiger partial charge in [-0.2, -0.15) is 0 Å². The summed E-state index contributed by atoms with van der Waals surface area (Å²) in [7, 11) is 2.17. The van der Waals surface area contributed by atoms with Gasteiger partial charge in [0, 0.05) is 75.1 Å². The number of piperazine rings is 2. The summed E-state index contributed by atoms with van der Waals surface area (Å²) in [5.74, 6) is 0. The lowest BCUT2D eigenvalue weighted by molar-refractivity contribution is 0.313. The fourth-order valence-corrected chi connectivity index (χ4v) is 3.39. The van der Waals surface area contributed by atoms with Gasteiger partial charge in [0.05, 0.1) is 0 Å². The first-order chi connectivity index (χ1) is 13.1. The number of anilines is 4. The Morgan fingerprint density at radius 2 is 1.33 bits per heavy atom. The van der Waals surface area contributed by atoms with Crippen molar-refractivity contribution in [1.29, 1.82) is 0 Å². The number of nitrogens with two attached hydrogens (primary N) is 2. The lowest BCUT2D eigenvalue weighted by Gasteiger charge is -2.34. The Bertz CT molecular complexity index is 688. The van der Waals surface area contributed by atoms with Crippen molar-refractivity contribution in [3.63, 3.8) is 0 Å². The molecule has 0 saturated carbocycles. The molecule has 0 radical (unpaired) electrons. The Kier molecular flexibility index (Phi) is 6.79. The summed E-state index contributed by atoms with van der Waals surface area (Å²) in [6.07, 6.45) is 0. The van der Waals surface area contributed by atoms with E-state index in [1.165, 1.54) is 11.4 Å². The molecule has 2 saturated heterocycles. The van der Waals surface area contributed by atoms with Crippen molar-refractivity contribution in [2.75, 3.05) is 80.7 Å². The van der Waals surface area contributed by atoms with E-state index in [0.717, 1.165) is 63.7 Å². The quantitative estimate of drug-likeness (QED) is 0.701. The topological polar surface area (TPSA) is 73.8 Å². The molecule has 2 fully saturated rings. The Balaban J connectivity index is 0.000000156. The van der Waals surface area contributed by atoms with Crippen LogP contribution in [0.4, 0.5) is 22.7 Å². The largest absolute Gasteiger partial charge is 0.399 e. The minimum atomic E-state index is 0.836. The molecule has 0 unspecified atom stereocenters. The van der Waals surface area contributed by atoms with Crippen molar-refractivity contribution < 1.29 is 0 Å². The zero-order valence-electron chi connectivity index (χ0n) is 16.3. The predicted molar refractivity (Wildman–Crippen MR) is 117 cm³/mol. The Hall–Kier alpha value is -2.44. The molecule has 2 aromatic carbocycles. The molecule has 6 nitrogen and oxygen atoms in total. The van der Waals surface area contributed by atoms with Crippen LogP contribution in [-0.4, -0.2) is 64.3 Å². The molecule has 0 atom stereocenters. The molecule has 0 amide bonds. The second-order valence-electron chi connectivity index (χ2n) is 7.21. The van der Waals surface area contributed by atoms with Crippen LogP contribution in [0.3, 0.4) is 0 Å². The van der Waals surface area contributed by atoms with Crippen LogP contribution in [0.2, 0.25) is 0 Å². The van der Waals surface area contributed by atoms with E-state index in [1.54, 1.807) is 0 Å². The van der Waals surface area contributed by atoms with Crippen LogP contribution in [0.5, 0.6) is 0 Å². The van der Waals surface area contributed by atoms with Crippen LogP contribution >= 0.6 is 0 Å². The lowest BCUT2D eigenvalue weighted by Crippen LogP contribution is -2.44. The van der Waals surface area contributed by atoms with Crippen LogP contribution in [0, 0.1) is 0 Å². The van der Waals surface area contributed by atoms with E-state index < -0.39 is 0 Å². The number of nitrogens with one attached hydrogen (secondary N) is 1. The van der Waals surface area contributed by atoms with Crippen molar-refractivity contribution in [2.24, 2.45) is 0 Å². The first-order valence-corrected chi connectivity index (χ1v) is 9.72. The number of nitrogens with zero attached hydrogens (tertiary/aromatic N) is 3. The smallest absolute Gasteiger partial charge is 0.0387 e. The number of hydrogen-bond donors (Lipinski definition) is 3. The molecule has 0 aliphatic carbocycles. The lowest BCUT2D eigenvalue weighted by atomic mass is 10.2. The van der Waals surface area contributed by atoms with Crippen molar-refractivity contribution >= 4 is 22.7 Å². The maximum atomic E-state index is 5.72. The van der Waals surface area contributed by atoms with Crippen LogP contribution in [0.1, 0.15) is 0 Å². The molecule has 146 valence electrons. The van der Waals surface area contributed by atoms with Crippen LogP contribution in [-0.2, 0) is 0 Å². The first-order valence-electron chi connectivity index (χ1n) is 9.72. The molecule has 0 aromatic heterocycles. The second kappa shape index (κ2) is 9.48. The van der Waals surface area contributed by atoms with Crippen molar-refractivity contribution in [3.05, 3.63) is 48.5 Å². The molecule has 2 aromatic rings. The van der Waals surface area contributed by atoms with Gasteiger partial charge in [0.2, 0.25) is 0 Å². The van der Waals surface area contributed by atoms with E-state index in [2.05, 4.69) is 45.3 Å². The monoisotopic (exact) mass is 368 g/mol. The van der Waals surface area contributed by atoms with Gasteiger partial charge < -0.3 is 31.5 Å². The summed E-state index contributed by atoms with van der Waals surface area (Å²) in [4.78, 5) is 7.11. The standard InChI is InChI=1S/C11H17N3.C10H15N3/c1-13-6-8-14(9-7-13)11-4-2-10(12)3-5-11;11-9-2-1-3-10(8-9)13-6-4-12-5-7-13/h2-5H,6-9,12H2,1H3;1-3,8,12H,4-7,11H2. The van der Waals surface area contributed by atoms with Gasteiger partial charge in [-0.1, -0.05) is 6.07 Å². The summed E-state index contributed by atoms with van der Waals surface area (Å²) >= 11 is 0. The zero-order valence-corrected chi connectivity index (χ0v) is 16.3. The highest BCUT2D eigenvalue weighted by Gasteiger charge is 2.13. The Labute approximate surface area is 162 Å². The van der Waals surface area contributed by atoms with Gasteiger partial charge in [-0.25, -0.2) is 0 Å². The third kappa shape index (κ3) is 5.77. The highest BCUT2D eigenvalue weighted by atomic mass is 15.2. The highest BCUT2D eigenvalue weighted by molar-refractivity contribution is 5.56. The number of hydrogen-bond acceptors (Lipinski definition) is 6. The Morgan fingerprint density at radius 3 is 1.96 bits per heavy atom. The first kappa shape index (κ1) is 19.3. The molecule has 0 bridgehead atoms. The normalized spacial score (nSPS) is 18.0. The van der Waals surface area contributed by atoms with E-state index in [-0.39, 0.29) is 0 Å². The number of likely N-dealkylation sites (N-methyl/N-ethyl adjacent to an activating group) is 1. The third-order valence-electron chi connectivity index (χ3n) is 5.11. The minimum absolute atomic E-state index is 0.836. The molecule has 6 heteroatoms. The third-order valence-corrected chi connectivity index (χ3v) is 5.11. The van der Waals surface area contributed by atoms with Gasteiger partial charge in [0.15, 0.2) is 0 Å². The van der Waals surface area contributed by atoms with Gasteiger partial charge in [-0.15, -0.1) is 0 Å². The second-order valence-corrected chi connectivity index (χ2v) is 7.21. The maximum absolute atomic E-state index is 5.72. The Morgan fingerprint density at radius 1 is 0.704 bits per heavy atom. The molecule has 27 heavy (non-hydrogen) atoms. The summed E-state index contributed by atoms with van der Waals surface area (Å²) in [5, 5.41) is 3.33. The number of benzene rings is 2. The minimum Gasteiger partial charge on any atom is -0.399 e. The van der Waals surface area contributed by atoms with E-state index in [4.69, 9.17) is 11.5 Å². The van der Waals surface area contributed by atoms with E-state index in [9.17, 15) is 0 Å². The van der Waals surface area contributed by atoms with E-state index in [0.29, 0.717) is 0 Å². The van der Waals surface area contributed by atoms with Gasteiger partial charge in [0.1, 0.15) is 0 Å². The number of nitrogen functional groups attached to an aromatic ring is 2. The molecular weight excluding hydrogens is 336 g/mol. The molecule has 4 rings (SSSR count). The fourth-order valence-electron chi connectivity index (χ4n) is 3.39. The van der Waals surface area contributed by atoms with E-state index in [1.807, 2.05) is 30.3 Å². The molecule has 2 aliphatic heterocycles. The van der Waals surface area contributed by atoms with Gasteiger partial charge in [0.25, 0.3) is 0 Å². The van der Waals surface area contributed by atoms with Crippen LogP contribution in [0.15, 0.2) is 48.5 Å². The number of rotatable bonds is 2. The van der Waals surface area contributed by atoms with Gasteiger partial charge >= 0.3 is 0 Å². The van der Waals surface area contributed by atoms with Crippen LogP contribution in [0.25, 0.3) is 0 Å². The maximum Gasteiger partial charge on any atom is 0.0387 e. The van der Waals surface area contributed by atoms with Crippen molar-refractivity contribution in [3.8, 4) is 0 Å². The molecule has 5 N–H and O–H groups in total. The molecule has 2 aliphatic rings. The van der Waals surface area contributed by atoms with Crippen molar-refractivity contribution in [2.45, 2.75) is 0 Å². The summed E-state index contributed by atoms with van der Waals surface area (Å²) in [5.41, 5.74) is 15.6. The summed E-state index contributed by atoms with van der Waals surface area (Å²) < 4.78 is 0. The van der Waals surface area contributed by atoms with Crippen LogP contribution < -0.4 is 26.6 Å². The average Bonchev–Trinajstić information content (AvgIpc) is 2.71. The van der Waals surface area contributed by atoms with Gasteiger partial charge in [-0.05, 0) is 49.5 Å². The fraction of sp³-hybridized carbons (Fsp3) is 0.429. The summed E-state index contributed by atoms with van der Waals surface area (Å²) in [6, 6.07) is 16.2. The summed E-state index contributed by atoms with van der Waals surface area (Å²) in [6.45, 7) is 8.78. The average molecular weight is 369 g/mol. The SMILES string of the molecule is CN1CCN(c2ccc(N)cc2)CC1.Nc1cccc(N2CCNCC2)c1.